The Balaban J connectivity index is 3.48. The molecule has 0 saturated carbocycles. The number of phosphoric acid groups is 1. The molecule has 2 atom stereocenters. The van der Waals surface area contributed by atoms with Crippen molar-refractivity contribution in [3.63, 3.8) is 0 Å². The topological polar surface area (TPSA) is 106 Å². The summed E-state index contributed by atoms with van der Waals surface area (Å²) >= 11 is 0. The van der Waals surface area contributed by atoms with Gasteiger partial charge in [0.1, 0.15) is 12.7 Å². The lowest BCUT2D eigenvalue weighted by Gasteiger charge is -2.16. The Bertz CT molecular complexity index is 519. The number of phosphoric ester groups is 1. The number of aliphatic hydroxyl groups excluding tert-OH is 1. The molecule has 0 heterocycles. The quantitative estimate of drug-likeness (QED) is 0.0897. The summed E-state index contributed by atoms with van der Waals surface area (Å²) in [5, 5.41) is 9.78. The largest absolute Gasteiger partial charge is 0.472 e. The van der Waals surface area contributed by atoms with E-state index in [1.807, 2.05) is 14.1 Å². The van der Waals surface area contributed by atoms with E-state index in [2.05, 4.69) is 6.92 Å². The molecule has 1 unspecified atom stereocenters. The van der Waals surface area contributed by atoms with E-state index in [1.54, 1.807) is 4.90 Å². The molecule has 8 nitrogen and oxygen atoms in total. The van der Waals surface area contributed by atoms with Crippen molar-refractivity contribution >= 4 is 13.8 Å². The first-order chi connectivity index (χ1) is 16.3. The van der Waals surface area contributed by atoms with Crippen molar-refractivity contribution in [3.05, 3.63) is 0 Å². The number of unbranched alkanes of at least 4 members (excludes halogenated alkanes) is 14. The number of ether oxygens (including phenoxy) is 1. The van der Waals surface area contributed by atoms with E-state index in [0.717, 1.165) is 19.3 Å². The molecule has 0 spiro atoms. The molecule has 0 aromatic rings. The van der Waals surface area contributed by atoms with Crippen molar-refractivity contribution in [2.24, 2.45) is 0 Å². The smallest absolute Gasteiger partial charge is 0.463 e. The molecule has 2 N–H and O–H groups in total. The fourth-order valence-electron chi connectivity index (χ4n) is 3.51. The molecule has 9 heteroatoms. The number of rotatable bonds is 25. The van der Waals surface area contributed by atoms with E-state index in [4.69, 9.17) is 13.8 Å². The molecule has 0 amide bonds. The van der Waals surface area contributed by atoms with E-state index in [9.17, 15) is 19.4 Å². The molecule has 0 aromatic carbocycles. The summed E-state index contributed by atoms with van der Waals surface area (Å²) in [5.74, 6) is -0.372. The van der Waals surface area contributed by atoms with Crippen molar-refractivity contribution < 1.29 is 33.1 Å². The number of aliphatic hydroxyl groups is 1. The Morgan fingerprint density at radius 3 is 1.74 bits per heavy atom. The highest BCUT2D eigenvalue weighted by Crippen LogP contribution is 2.42. The minimum absolute atomic E-state index is 0.0329. The molecule has 0 rings (SSSR count). The summed E-state index contributed by atoms with van der Waals surface area (Å²) in [5.41, 5.74) is 0. The van der Waals surface area contributed by atoms with Crippen molar-refractivity contribution in [2.75, 3.05) is 40.5 Å². The van der Waals surface area contributed by atoms with Gasteiger partial charge < -0.3 is 19.6 Å². The molecule has 204 valence electrons. The second kappa shape index (κ2) is 22.9. The zero-order valence-corrected chi connectivity index (χ0v) is 22.9. The minimum Gasteiger partial charge on any atom is -0.463 e. The Morgan fingerprint density at radius 2 is 1.26 bits per heavy atom. The fraction of sp³-hybridized carbons (Fsp3) is 0.960. The standard InChI is InChI=1S/C25H52NO7P/c1-4-5-6-7-8-9-10-11-12-13-14-15-16-17-18-19-25(28)31-22-24(27)23-33-34(29,30)32-21-20-26(2)3/h24,27H,4-23H2,1-3H3,(H,29,30)/t24-/m0/s1. The second-order valence-corrected chi connectivity index (χ2v) is 10.9. The number of carbonyl (C=O) groups excluding carboxylic acids is 1. The molecule has 0 aromatic heterocycles. The number of hydrogen-bond donors (Lipinski definition) is 2. The molecule has 0 radical (unpaired) electrons. The third-order valence-corrected chi connectivity index (χ3v) is 6.63. The number of likely N-dealkylation sites (N-methyl/N-ethyl adjacent to an activating group) is 1. The van der Waals surface area contributed by atoms with E-state index in [1.165, 1.54) is 77.0 Å². The SMILES string of the molecule is CCCCCCCCCCCCCCCCCC(=O)OC[C@H](O)COP(=O)(O)OCCN(C)C. The van der Waals surface area contributed by atoms with Crippen LogP contribution < -0.4 is 0 Å². The van der Waals surface area contributed by atoms with Gasteiger partial charge in [-0.05, 0) is 20.5 Å². The van der Waals surface area contributed by atoms with Gasteiger partial charge in [0.15, 0.2) is 0 Å². The second-order valence-electron chi connectivity index (χ2n) is 9.44. The van der Waals surface area contributed by atoms with E-state index < -0.39 is 20.5 Å². The number of nitrogens with zero attached hydrogens (tertiary/aromatic N) is 1. The number of carbonyl (C=O) groups is 1. The molecular formula is C25H52NO7P. The van der Waals surface area contributed by atoms with Gasteiger partial charge in [-0.3, -0.25) is 13.8 Å². The van der Waals surface area contributed by atoms with Gasteiger partial charge in [0.25, 0.3) is 0 Å². The Hall–Kier alpha value is -0.500. The maximum atomic E-state index is 11.8. The summed E-state index contributed by atoms with van der Waals surface area (Å²) < 4.78 is 26.2. The first kappa shape index (κ1) is 33.5. The van der Waals surface area contributed by atoms with Gasteiger partial charge in [-0.15, -0.1) is 0 Å². The molecule has 0 aliphatic rings. The minimum atomic E-state index is -4.22. The lowest BCUT2D eigenvalue weighted by Crippen LogP contribution is -2.24. The highest BCUT2D eigenvalue weighted by atomic mass is 31.2. The summed E-state index contributed by atoms with van der Waals surface area (Å²) in [6.45, 7) is 2.04. The first-order valence-electron chi connectivity index (χ1n) is 13.4. The number of hydrogen-bond acceptors (Lipinski definition) is 7. The van der Waals surface area contributed by atoms with Crippen LogP contribution in [0.15, 0.2) is 0 Å². The molecule has 0 fully saturated rings. The maximum absolute atomic E-state index is 11.8. The van der Waals surface area contributed by atoms with Crippen molar-refractivity contribution in [1.82, 2.24) is 4.90 Å². The highest BCUT2D eigenvalue weighted by molar-refractivity contribution is 7.47. The molecule has 34 heavy (non-hydrogen) atoms. The van der Waals surface area contributed by atoms with Crippen LogP contribution in [0, 0.1) is 0 Å². The van der Waals surface area contributed by atoms with Gasteiger partial charge >= 0.3 is 13.8 Å². The summed E-state index contributed by atoms with van der Waals surface area (Å²) in [6.07, 6.45) is 18.1. The normalized spacial score (nSPS) is 14.3. The Morgan fingerprint density at radius 1 is 0.794 bits per heavy atom. The van der Waals surface area contributed by atoms with Crippen LogP contribution in [0.3, 0.4) is 0 Å². The van der Waals surface area contributed by atoms with Gasteiger partial charge in [0.05, 0.1) is 13.2 Å². The summed E-state index contributed by atoms with van der Waals surface area (Å²) in [6, 6.07) is 0. The van der Waals surface area contributed by atoms with Crippen molar-refractivity contribution in [3.8, 4) is 0 Å². The van der Waals surface area contributed by atoms with E-state index >= 15 is 0 Å². The third kappa shape index (κ3) is 24.6. The van der Waals surface area contributed by atoms with Crippen LogP contribution in [0.1, 0.15) is 110 Å². The molecule has 0 aliphatic heterocycles. The van der Waals surface area contributed by atoms with E-state index in [-0.39, 0.29) is 19.2 Å². The zero-order valence-electron chi connectivity index (χ0n) is 22.0. The van der Waals surface area contributed by atoms with Gasteiger partial charge in [-0.25, -0.2) is 4.57 Å². The van der Waals surface area contributed by atoms with Crippen LogP contribution >= 0.6 is 7.82 Å². The Kier molecular flexibility index (Phi) is 22.6. The van der Waals surface area contributed by atoms with Crippen LogP contribution in [0.2, 0.25) is 0 Å². The predicted molar refractivity (Wildman–Crippen MR) is 137 cm³/mol. The third-order valence-electron chi connectivity index (χ3n) is 5.64. The molecule has 0 bridgehead atoms. The lowest BCUT2D eigenvalue weighted by atomic mass is 10.0. The molecule has 0 saturated heterocycles. The van der Waals surface area contributed by atoms with Gasteiger partial charge in [0.2, 0.25) is 0 Å². The molecule has 0 aliphatic carbocycles. The average molecular weight is 510 g/mol. The van der Waals surface area contributed by atoms with Crippen LogP contribution in [0.5, 0.6) is 0 Å². The molecular weight excluding hydrogens is 457 g/mol. The zero-order chi connectivity index (χ0) is 25.5. The Labute approximate surface area is 208 Å². The van der Waals surface area contributed by atoms with Crippen LogP contribution in [-0.2, 0) is 23.1 Å². The monoisotopic (exact) mass is 509 g/mol. The van der Waals surface area contributed by atoms with Crippen LogP contribution in [0.4, 0.5) is 0 Å². The van der Waals surface area contributed by atoms with Crippen molar-refractivity contribution in [1.29, 1.82) is 0 Å². The summed E-state index contributed by atoms with van der Waals surface area (Å²) in [4.78, 5) is 23.1. The van der Waals surface area contributed by atoms with E-state index in [0.29, 0.717) is 13.0 Å². The van der Waals surface area contributed by atoms with Crippen LogP contribution in [0.25, 0.3) is 0 Å². The lowest BCUT2D eigenvalue weighted by molar-refractivity contribution is -0.147. The predicted octanol–water partition coefficient (Wildman–Crippen LogP) is 5.85. The van der Waals surface area contributed by atoms with Crippen molar-refractivity contribution in [2.45, 2.75) is 116 Å². The highest BCUT2D eigenvalue weighted by Gasteiger charge is 2.23. The summed E-state index contributed by atoms with van der Waals surface area (Å²) in [7, 11) is -0.604. The maximum Gasteiger partial charge on any atom is 0.472 e. The number of esters is 1. The van der Waals surface area contributed by atoms with Gasteiger partial charge in [0, 0.05) is 13.0 Å². The van der Waals surface area contributed by atoms with Crippen LogP contribution in [-0.4, -0.2) is 67.4 Å². The van der Waals surface area contributed by atoms with Gasteiger partial charge in [-0.2, -0.15) is 0 Å². The first-order valence-corrected chi connectivity index (χ1v) is 14.9. The van der Waals surface area contributed by atoms with Gasteiger partial charge in [-0.1, -0.05) is 96.8 Å². The average Bonchev–Trinajstić information content (AvgIpc) is 2.78. The fourth-order valence-corrected chi connectivity index (χ4v) is 4.25.